The van der Waals surface area contributed by atoms with Gasteiger partial charge in [-0.1, -0.05) is 28.1 Å². The zero-order valence-electron chi connectivity index (χ0n) is 13.1. The number of amides is 1. The Balaban J connectivity index is 1.78. The third-order valence-electron chi connectivity index (χ3n) is 4.16. The Hall–Kier alpha value is -1.59. The highest BCUT2D eigenvalue weighted by atomic mass is 79.9. The second-order valence-corrected chi connectivity index (χ2v) is 6.64. The van der Waals surface area contributed by atoms with E-state index in [1.165, 1.54) is 0 Å². The molecule has 1 aliphatic rings. The van der Waals surface area contributed by atoms with Crippen LogP contribution in [0.25, 0.3) is 10.8 Å². The zero-order chi connectivity index (χ0) is 16.2. The van der Waals surface area contributed by atoms with Crippen molar-refractivity contribution >= 4 is 32.6 Å². The van der Waals surface area contributed by atoms with Crippen LogP contribution in [0.1, 0.15) is 18.4 Å². The fraction of sp³-hybridized carbons (Fsp3) is 0.389. The molecule has 0 radical (unpaired) electrons. The van der Waals surface area contributed by atoms with Gasteiger partial charge in [-0.25, -0.2) is 0 Å². The van der Waals surface area contributed by atoms with Crippen molar-refractivity contribution in [3.05, 3.63) is 40.4 Å². The fourth-order valence-corrected chi connectivity index (χ4v) is 3.35. The third kappa shape index (κ3) is 3.85. The monoisotopic (exact) mass is 377 g/mol. The van der Waals surface area contributed by atoms with Crippen LogP contribution >= 0.6 is 15.9 Å². The van der Waals surface area contributed by atoms with Crippen molar-refractivity contribution in [2.75, 3.05) is 20.3 Å². The number of carbonyl (C=O) groups excluding carboxylic acids is 1. The van der Waals surface area contributed by atoms with Gasteiger partial charge in [-0.2, -0.15) is 0 Å². The Bertz CT molecular complexity index is 711. The lowest BCUT2D eigenvalue weighted by Gasteiger charge is -2.14. The number of halogens is 1. The number of nitrogens with one attached hydrogen (secondary N) is 1. The molecule has 1 saturated heterocycles. The molecule has 1 N–H and O–H groups in total. The van der Waals surface area contributed by atoms with Crippen LogP contribution in [0, 0.1) is 0 Å². The van der Waals surface area contributed by atoms with Crippen molar-refractivity contribution < 1.29 is 14.3 Å². The molecule has 1 amide bonds. The van der Waals surface area contributed by atoms with E-state index < -0.39 is 0 Å². The van der Waals surface area contributed by atoms with Crippen molar-refractivity contribution in [2.24, 2.45) is 0 Å². The number of fused-ring (bicyclic) bond motifs is 1. The van der Waals surface area contributed by atoms with Crippen LogP contribution < -0.4 is 10.1 Å². The lowest BCUT2D eigenvalue weighted by Crippen LogP contribution is -2.32. The smallest absolute Gasteiger partial charge is 0.224 e. The maximum atomic E-state index is 12.3. The highest BCUT2D eigenvalue weighted by Crippen LogP contribution is 2.30. The zero-order valence-corrected chi connectivity index (χ0v) is 14.7. The van der Waals surface area contributed by atoms with Gasteiger partial charge in [0.05, 0.1) is 19.6 Å². The number of carbonyl (C=O) groups is 1. The van der Waals surface area contributed by atoms with Gasteiger partial charge < -0.3 is 14.8 Å². The molecule has 1 fully saturated rings. The van der Waals surface area contributed by atoms with E-state index in [0.717, 1.165) is 46.0 Å². The summed E-state index contributed by atoms with van der Waals surface area (Å²) in [6, 6.07) is 9.97. The standard InChI is InChI=1S/C18H20BrNO3/c1-22-17-7-4-12-9-13(19)5-6-15(12)16(17)10-18(21)20-11-14-3-2-8-23-14/h4-7,9,14H,2-3,8,10-11H2,1H3,(H,20,21)/t14-/m0/s1. The minimum Gasteiger partial charge on any atom is -0.496 e. The molecule has 3 rings (SSSR count). The summed E-state index contributed by atoms with van der Waals surface area (Å²) >= 11 is 3.48. The summed E-state index contributed by atoms with van der Waals surface area (Å²) in [4.78, 5) is 12.3. The maximum absolute atomic E-state index is 12.3. The van der Waals surface area contributed by atoms with Gasteiger partial charge in [0.2, 0.25) is 5.91 Å². The van der Waals surface area contributed by atoms with Gasteiger partial charge in [-0.05, 0) is 41.8 Å². The highest BCUT2D eigenvalue weighted by molar-refractivity contribution is 9.10. The maximum Gasteiger partial charge on any atom is 0.224 e. The highest BCUT2D eigenvalue weighted by Gasteiger charge is 2.17. The fourth-order valence-electron chi connectivity index (χ4n) is 2.97. The van der Waals surface area contributed by atoms with E-state index in [1.807, 2.05) is 30.3 Å². The summed E-state index contributed by atoms with van der Waals surface area (Å²) in [6.45, 7) is 1.38. The largest absolute Gasteiger partial charge is 0.496 e. The summed E-state index contributed by atoms with van der Waals surface area (Å²) in [5, 5.41) is 5.10. The lowest BCUT2D eigenvalue weighted by atomic mass is 10.0. The third-order valence-corrected chi connectivity index (χ3v) is 4.65. The van der Waals surface area contributed by atoms with E-state index in [-0.39, 0.29) is 12.0 Å². The minimum absolute atomic E-state index is 0.00535. The summed E-state index contributed by atoms with van der Waals surface area (Å²) in [7, 11) is 1.63. The Morgan fingerprint density at radius 3 is 3.00 bits per heavy atom. The molecule has 4 nitrogen and oxygen atoms in total. The number of hydrogen-bond acceptors (Lipinski definition) is 3. The Labute approximate surface area is 144 Å². The minimum atomic E-state index is -0.00535. The average molecular weight is 378 g/mol. The van der Waals surface area contributed by atoms with Gasteiger partial charge in [0.25, 0.3) is 0 Å². The molecule has 0 saturated carbocycles. The van der Waals surface area contributed by atoms with E-state index in [9.17, 15) is 4.79 Å². The van der Waals surface area contributed by atoms with Gasteiger partial charge in [-0.3, -0.25) is 4.79 Å². The van der Waals surface area contributed by atoms with Crippen LogP contribution in [-0.4, -0.2) is 32.3 Å². The molecular formula is C18H20BrNO3. The summed E-state index contributed by atoms with van der Waals surface area (Å²) in [5.41, 5.74) is 0.919. The van der Waals surface area contributed by atoms with Gasteiger partial charge in [0, 0.05) is 23.2 Å². The molecule has 2 aromatic rings. The van der Waals surface area contributed by atoms with Gasteiger partial charge in [0.15, 0.2) is 0 Å². The molecule has 0 bridgehead atoms. The van der Waals surface area contributed by atoms with Crippen LogP contribution in [0.5, 0.6) is 5.75 Å². The predicted molar refractivity (Wildman–Crippen MR) is 93.9 cm³/mol. The SMILES string of the molecule is COc1ccc2cc(Br)ccc2c1CC(=O)NC[C@@H]1CCCO1. The predicted octanol–water partition coefficient (Wildman–Crippen LogP) is 3.45. The van der Waals surface area contributed by atoms with Gasteiger partial charge in [-0.15, -0.1) is 0 Å². The van der Waals surface area contributed by atoms with Crippen molar-refractivity contribution in [1.29, 1.82) is 0 Å². The van der Waals surface area contributed by atoms with E-state index in [0.29, 0.717) is 13.0 Å². The Morgan fingerprint density at radius 1 is 1.39 bits per heavy atom. The number of benzene rings is 2. The van der Waals surface area contributed by atoms with E-state index >= 15 is 0 Å². The molecule has 0 unspecified atom stereocenters. The molecule has 1 heterocycles. The second kappa shape index (κ2) is 7.32. The van der Waals surface area contributed by atoms with Crippen LogP contribution in [0.15, 0.2) is 34.8 Å². The first kappa shape index (κ1) is 16.3. The van der Waals surface area contributed by atoms with Crippen molar-refractivity contribution in [3.63, 3.8) is 0 Å². The lowest BCUT2D eigenvalue weighted by molar-refractivity contribution is -0.120. The molecule has 5 heteroatoms. The van der Waals surface area contributed by atoms with Crippen molar-refractivity contribution in [3.8, 4) is 5.75 Å². The number of methoxy groups -OCH3 is 1. The van der Waals surface area contributed by atoms with Crippen LogP contribution in [0.4, 0.5) is 0 Å². The molecule has 0 aromatic heterocycles. The van der Waals surface area contributed by atoms with Crippen molar-refractivity contribution in [2.45, 2.75) is 25.4 Å². The molecule has 1 atom stereocenters. The number of hydrogen-bond donors (Lipinski definition) is 1. The Morgan fingerprint density at radius 2 is 2.26 bits per heavy atom. The van der Waals surface area contributed by atoms with E-state index in [1.54, 1.807) is 7.11 Å². The summed E-state index contributed by atoms with van der Waals surface area (Å²) in [5.74, 6) is 0.737. The molecule has 23 heavy (non-hydrogen) atoms. The number of ether oxygens (including phenoxy) is 2. The molecule has 0 aliphatic carbocycles. The van der Waals surface area contributed by atoms with Crippen LogP contribution in [-0.2, 0) is 16.0 Å². The second-order valence-electron chi connectivity index (χ2n) is 5.73. The van der Waals surface area contributed by atoms with Gasteiger partial charge in [0.1, 0.15) is 5.75 Å². The van der Waals surface area contributed by atoms with E-state index in [4.69, 9.17) is 9.47 Å². The number of rotatable bonds is 5. The molecule has 0 spiro atoms. The molecule has 1 aliphatic heterocycles. The Kier molecular flexibility index (Phi) is 5.18. The summed E-state index contributed by atoms with van der Waals surface area (Å²) in [6.07, 6.45) is 2.55. The topological polar surface area (TPSA) is 47.6 Å². The molecule has 2 aromatic carbocycles. The van der Waals surface area contributed by atoms with Crippen LogP contribution in [0.3, 0.4) is 0 Å². The van der Waals surface area contributed by atoms with Crippen molar-refractivity contribution in [1.82, 2.24) is 5.32 Å². The first-order chi connectivity index (χ1) is 11.2. The van der Waals surface area contributed by atoms with Gasteiger partial charge >= 0.3 is 0 Å². The first-order valence-electron chi connectivity index (χ1n) is 7.81. The van der Waals surface area contributed by atoms with Crippen LogP contribution in [0.2, 0.25) is 0 Å². The average Bonchev–Trinajstić information content (AvgIpc) is 3.06. The van der Waals surface area contributed by atoms with E-state index in [2.05, 4.69) is 21.2 Å². The summed E-state index contributed by atoms with van der Waals surface area (Å²) < 4.78 is 12.0. The first-order valence-corrected chi connectivity index (χ1v) is 8.60. The quantitative estimate of drug-likeness (QED) is 0.867. The normalized spacial score (nSPS) is 17.4. The molecular weight excluding hydrogens is 358 g/mol. The molecule has 122 valence electrons.